The van der Waals surface area contributed by atoms with E-state index in [0.29, 0.717) is 91.4 Å². The van der Waals surface area contributed by atoms with Gasteiger partial charge in [-0.05, 0) is 170 Å². The molecule has 726 valence electrons. The van der Waals surface area contributed by atoms with Crippen LogP contribution in [0.4, 0.5) is 0 Å². The Morgan fingerprint density at radius 2 is 0.812 bits per heavy atom. The number of hydrogen-bond donors (Lipinski definition) is 4. The third kappa shape index (κ3) is 24.0. The maximum Gasteiger partial charge on any atom is 0.255 e. The van der Waals surface area contributed by atoms with Gasteiger partial charge in [-0.1, -0.05) is 158 Å². The zero-order valence-corrected chi connectivity index (χ0v) is 84.0. The highest BCUT2D eigenvalue weighted by atomic mass is 32.1. The van der Waals surface area contributed by atoms with Crippen LogP contribution in [0.2, 0.25) is 0 Å². The summed E-state index contributed by atoms with van der Waals surface area (Å²) < 4.78 is 16.0. The Morgan fingerprint density at radius 3 is 1.17 bits per heavy atom. The zero-order chi connectivity index (χ0) is 98.9. The van der Waals surface area contributed by atoms with E-state index in [1.54, 1.807) is 121 Å². The van der Waals surface area contributed by atoms with Crippen molar-refractivity contribution in [3.05, 3.63) is 252 Å². The van der Waals surface area contributed by atoms with E-state index in [1.807, 2.05) is 151 Å². The van der Waals surface area contributed by atoms with Gasteiger partial charge in [0.05, 0.1) is 142 Å². The van der Waals surface area contributed by atoms with Crippen molar-refractivity contribution >= 4 is 98.0 Å². The van der Waals surface area contributed by atoms with E-state index in [9.17, 15) is 63.6 Å². The lowest BCUT2D eigenvalue weighted by Gasteiger charge is -2.35. The average Bonchev–Trinajstić information content (AvgIpc) is 1.61. The Labute approximate surface area is 820 Å². The van der Waals surface area contributed by atoms with Crippen LogP contribution in [-0.4, -0.2) is 213 Å². The lowest BCUT2D eigenvalue weighted by atomic mass is 9.87. The molecule has 5 aliphatic rings. The average molecular weight is 1950 g/mol. The van der Waals surface area contributed by atoms with Crippen molar-refractivity contribution in [3.8, 4) is 41.8 Å². The van der Waals surface area contributed by atoms with E-state index in [1.165, 1.54) is 14.7 Å². The van der Waals surface area contributed by atoms with E-state index in [2.05, 4.69) is 83.9 Å². The van der Waals surface area contributed by atoms with Crippen LogP contribution in [0.3, 0.4) is 0 Å². The molecule has 12 aromatic rings. The summed E-state index contributed by atoms with van der Waals surface area (Å²) in [4.78, 5) is 149. The van der Waals surface area contributed by atoms with Crippen molar-refractivity contribution in [2.75, 3.05) is 26.2 Å². The number of hydrogen-bond acceptors (Lipinski definition) is 27. The quantitative estimate of drug-likeness (QED) is 0.0325. The first-order valence-electron chi connectivity index (χ1n) is 47.1. The highest BCUT2D eigenvalue weighted by Crippen LogP contribution is 2.40. The van der Waals surface area contributed by atoms with Gasteiger partial charge in [-0.2, -0.15) is 0 Å². The minimum absolute atomic E-state index is 0.0245. The number of rotatable bonds is 30. The second-order valence-corrected chi connectivity index (χ2v) is 41.9. The van der Waals surface area contributed by atoms with E-state index in [4.69, 9.17) is 13.6 Å². The minimum Gasteiger partial charge on any atom is -0.391 e. The summed E-state index contributed by atoms with van der Waals surface area (Å²) in [6, 6.07) is 42.0. The van der Waals surface area contributed by atoms with Crippen LogP contribution < -0.4 is 0 Å². The number of fused-ring (bicyclic) bond motifs is 1. The number of likely N-dealkylation sites (tertiary alicyclic amines) is 4. The molecule has 5 amide bonds. The Kier molecular flexibility index (Phi) is 32.9. The van der Waals surface area contributed by atoms with Crippen molar-refractivity contribution in [1.82, 2.24) is 59.9 Å². The van der Waals surface area contributed by atoms with E-state index >= 15 is 0 Å². The normalized spacial score (nSPS) is 19.7. The van der Waals surface area contributed by atoms with Gasteiger partial charge in [0.2, 0.25) is 23.6 Å². The molecule has 12 heterocycles. The number of ketones is 4. The highest BCUT2D eigenvalue weighted by Gasteiger charge is 2.51. The molecule has 0 saturated carbocycles. The second-order valence-electron chi connectivity index (χ2n) is 38.5. The van der Waals surface area contributed by atoms with Crippen molar-refractivity contribution in [2.24, 2.45) is 11.8 Å². The Balaban J connectivity index is 0.000000147. The summed E-state index contributed by atoms with van der Waals surface area (Å²) in [6.45, 7) is 28.9. The van der Waals surface area contributed by atoms with Crippen LogP contribution in [0.5, 0.6) is 0 Å². The summed E-state index contributed by atoms with van der Waals surface area (Å²) in [5.41, 5.74) is 21.5. The summed E-state index contributed by atoms with van der Waals surface area (Å²) in [6.07, 6.45) is 2.41. The summed E-state index contributed by atoms with van der Waals surface area (Å²) in [5, 5.41) is 53.3. The molecule has 0 radical (unpaired) electrons. The number of aliphatic hydroxyl groups excluding tert-OH is 3. The fraction of sp³-hybridized carbons (Fsp3) is 0.434. The Hall–Kier alpha value is -11.9. The molecule has 138 heavy (non-hydrogen) atoms. The number of carbonyl (C=O) groups excluding carboxylic acids is 9. The van der Waals surface area contributed by atoms with Gasteiger partial charge in [0.1, 0.15) is 28.9 Å². The number of β-amino-alcohol motifs (C(OH)–C–C–N with tert-alkyl or cyclic N) is 4. The molecule has 11 atom stereocenters. The molecule has 0 aliphatic carbocycles. The van der Waals surface area contributed by atoms with Crippen LogP contribution in [-0.2, 0) is 76.0 Å². The smallest absolute Gasteiger partial charge is 0.255 e. The topological polar surface area (TPSA) is 380 Å². The predicted octanol–water partition coefficient (Wildman–Crippen LogP) is 16.5. The molecular formula is C106H122N12O16S4. The zero-order valence-electron chi connectivity index (χ0n) is 80.7. The maximum absolute atomic E-state index is 14.0. The molecule has 1 unspecified atom stereocenters. The van der Waals surface area contributed by atoms with Gasteiger partial charge in [0.25, 0.3) is 5.91 Å². The number of amides is 5. The Bertz CT molecular complexity index is 6300. The standard InChI is InChI=1S/C31H35N3O4S.C26H31N3O4S.C25H29N3O4S.C24H27N3O4S/c1-19(2)27(33-16-23-7-5-6-8-24(23)29(33)36)30(37)34-17-31(4,38)15-25(34)26(35)14-11-21-9-12-22(13-10-21)28-20(3)32-18-39-28;1-15(2)24(23-11-16(3)28-33-23)26(32)29-13-20(30)12-21(29)22(31)10-7-18-5-8-19(9-6-18)25-17(4)27-14-34-25;1-15-11-22(32-27-15)25(3,4)24(31)28-13-19(29)12-20(28)21(30)10-7-17-5-8-18(9-6-17)23-16(2)26-14-33-23;1-14-10-22(31-26-14)15(2)24(30)27-12-19(28)11-20(27)21(29)9-6-17-4-7-18(8-5-17)23-16(3)25-13-32-23/h5-10,12-13,18-19,25,27,38H,11,14-17H2,1-4H3;5-6,8-9,11,14-15,20-21,24,30H,7,10,12-13H2,1-4H3;5-6,8-9,11,14,19-20,29H,7,10,12-13H2,1-4H3;4-5,7-8,10,13,15,19-20,28H,6,9,11-12H2,1-3H3/t25-,27-,31+;20-,21+,24?;19-,20+;15-,19+,20-/m0110/s1. The lowest BCUT2D eigenvalue weighted by Crippen LogP contribution is -2.54. The van der Waals surface area contributed by atoms with Crippen molar-refractivity contribution in [1.29, 1.82) is 0 Å². The van der Waals surface area contributed by atoms with Crippen molar-refractivity contribution in [2.45, 2.75) is 259 Å². The van der Waals surface area contributed by atoms with Gasteiger partial charge in [0, 0.05) is 101 Å². The van der Waals surface area contributed by atoms with Gasteiger partial charge in [-0.15, -0.1) is 45.3 Å². The molecule has 0 spiro atoms. The fourth-order valence-electron chi connectivity index (χ4n) is 19.0. The second kappa shape index (κ2) is 44.5. The first kappa shape index (κ1) is 102. The molecule has 4 saturated heterocycles. The SMILES string of the molecule is Cc1cc(C(C(=O)N2C[C@H](O)C[C@H]2C(=O)CCc2ccc(-c3scnc3C)cc2)C(C)C)on1.Cc1cc(C(C)(C)C(=O)N2C[C@H](O)C[C@H]2C(=O)CCc2ccc(-c3scnc3C)cc2)on1.Cc1cc([C@H](C)C(=O)N2C[C@H](O)C[C@H]2C(=O)CCc2ccc(-c3scnc3C)cc2)on1.Cc1ncsc1-c1ccc(CCC(=O)[C@@H]2C[C@@](C)(O)CN2C(=O)[C@H](C(C)C)N2Cc3ccccc3C2=O)cc1. The van der Waals surface area contributed by atoms with E-state index in [-0.39, 0.29) is 123 Å². The number of aromatic nitrogens is 7. The van der Waals surface area contributed by atoms with Crippen LogP contribution in [0.15, 0.2) is 175 Å². The summed E-state index contributed by atoms with van der Waals surface area (Å²) >= 11 is 6.44. The molecule has 5 aliphatic heterocycles. The first-order chi connectivity index (χ1) is 65.8. The van der Waals surface area contributed by atoms with Gasteiger partial charge >= 0.3 is 0 Å². The predicted molar refractivity (Wildman–Crippen MR) is 529 cm³/mol. The van der Waals surface area contributed by atoms with Crippen LogP contribution in [0.25, 0.3) is 41.8 Å². The molecular weight excluding hydrogens is 1830 g/mol. The highest BCUT2D eigenvalue weighted by molar-refractivity contribution is 7.14. The molecule has 7 aromatic heterocycles. The summed E-state index contributed by atoms with van der Waals surface area (Å²) in [5.74, 6) is -1.10. The largest absolute Gasteiger partial charge is 0.391 e. The summed E-state index contributed by atoms with van der Waals surface area (Å²) in [7, 11) is 0. The number of Topliss-reactive ketones (excluding diaryl/α,β-unsaturated/α-hetero) is 4. The monoisotopic (exact) mass is 1950 g/mol. The van der Waals surface area contributed by atoms with Crippen molar-refractivity contribution < 1.29 is 77.1 Å². The number of nitrogens with zero attached hydrogens (tertiary/aromatic N) is 12. The van der Waals surface area contributed by atoms with E-state index < -0.39 is 71.4 Å². The Morgan fingerprint density at radius 1 is 0.449 bits per heavy atom. The molecule has 5 aromatic carbocycles. The number of aliphatic hydroxyl groups is 4. The van der Waals surface area contributed by atoms with E-state index in [0.717, 1.165) is 92.4 Å². The number of carbonyl (C=O) groups is 9. The number of benzene rings is 5. The van der Waals surface area contributed by atoms with Crippen LogP contribution >= 0.6 is 45.3 Å². The lowest BCUT2D eigenvalue weighted by molar-refractivity contribution is -0.143. The maximum atomic E-state index is 14.0. The van der Waals surface area contributed by atoms with Gasteiger partial charge in [-0.3, -0.25) is 43.2 Å². The minimum atomic E-state index is -1.16. The first-order valence-corrected chi connectivity index (χ1v) is 50.6. The third-order valence-electron chi connectivity index (χ3n) is 26.6. The molecule has 0 bridgehead atoms. The van der Waals surface area contributed by atoms with Gasteiger partial charge < -0.3 is 58.5 Å². The van der Waals surface area contributed by atoms with Crippen LogP contribution in [0.1, 0.15) is 214 Å². The molecule has 32 heteroatoms. The molecule has 4 N–H and O–H groups in total. The fourth-order valence-corrected chi connectivity index (χ4v) is 22.2. The van der Waals surface area contributed by atoms with Crippen LogP contribution in [0, 0.1) is 60.3 Å². The number of thiazole rings is 4. The third-order valence-corrected chi connectivity index (χ3v) is 30.5. The van der Waals surface area contributed by atoms with Crippen molar-refractivity contribution in [3.63, 3.8) is 0 Å². The molecule has 28 nitrogen and oxygen atoms in total. The van der Waals surface area contributed by atoms with Gasteiger partial charge in [0.15, 0.2) is 28.9 Å². The molecule has 4 fully saturated rings. The number of aryl methyl sites for hydroxylation is 11. The molecule has 17 rings (SSSR count). The van der Waals surface area contributed by atoms with Gasteiger partial charge in [-0.25, -0.2) is 19.9 Å².